The predicted octanol–water partition coefficient (Wildman–Crippen LogP) is 6.05. The van der Waals surface area contributed by atoms with Gasteiger partial charge in [0.1, 0.15) is 35.2 Å². The topological polar surface area (TPSA) is 74.6 Å². The zero-order valence-corrected chi connectivity index (χ0v) is 24.0. The molecule has 3 atom stereocenters. The van der Waals surface area contributed by atoms with E-state index < -0.39 is 11.6 Å². The van der Waals surface area contributed by atoms with Crippen molar-refractivity contribution in [3.05, 3.63) is 47.7 Å². The standard InChI is InChI=1S/C34H33F2N5O2/c1-2-23-27(35)9-8-20-14-22(42)16-24(28(20)23)30-29(36)31-25(17-37-30)32(40-11-5-3-4-6-12-40)39-33(38-31)43-19-34-10-7-13-41(34)18-21-15-26(21)34/h1,8-9,14,16-17,21,26,42H,3-7,10-13,15,18-19H2/t21-,26-,34?/m1/s1. The van der Waals surface area contributed by atoms with Crippen molar-refractivity contribution in [1.82, 2.24) is 19.9 Å². The number of piperidine rings is 1. The second-order valence-electron chi connectivity index (χ2n) is 12.6. The summed E-state index contributed by atoms with van der Waals surface area (Å²) in [5, 5.41) is 11.8. The first kappa shape index (κ1) is 26.6. The van der Waals surface area contributed by atoms with Gasteiger partial charge >= 0.3 is 6.01 Å². The molecule has 3 aliphatic heterocycles. The Morgan fingerprint density at radius 2 is 1.91 bits per heavy atom. The van der Waals surface area contributed by atoms with Crippen LogP contribution in [0.15, 0.2) is 30.5 Å². The molecule has 1 saturated carbocycles. The number of phenolic OH excluding ortho intramolecular Hbond substituents is 1. The number of phenols is 1. The van der Waals surface area contributed by atoms with E-state index in [-0.39, 0.29) is 39.6 Å². The Labute approximate surface area is 248 Å². The number of nitrogens with zero attached hydrogens (tertiary/aromatic N) is 5. The molecular weight excluding hydrogens is 548 g/mol. The van der Waals surface area contributed by atoms with E-state index in [0.29, 0.717) is 34.5 Å². The number of rotatable bonds is 5. The molecule has 4 aliphatic rings. The van der Waals surface area contributed by atoms with Crippen molar-refractivity contribution in [3.63, 3.8) is 0 Å². The Hall–Kier alpha value is -4.03. The molecule has 1 unspecified atom stereocenters. The molecule has 2 aromatic heterocycles. The van der Waals surface area contributed by atoms with Crippen LogP contribution < -0.4 is 9.64 Å². The molecular formula is C34H33F2N5O2. The second kappa shape index (κ2) is 10.0. The number of aromatic nitrogens is 3. The lowest BCUT2D eigenvalue weighted by molar-refractivity contribution is 0.0830. The van der Waals surface area contributed by atoms with Crippen molar-refractivity contribution in [2.75, 3.05) is 37.7 Å². The number of fused-ring (bicyclic) bond motifs is 5. The summed E-state index contributed by atoms with van der Waals surface area (Å²) in [5.74, 6) is 3.03. The molecule has 1 aliphatic carbocycles. The Kier molecular flexibility index (Phi) is 6.19. The van der Waals surface area contributed by atoms with Crippen LogP contribution in [0.1, 0.15) is 50.5 Å². The molecule has 0 amide bonds. The van der Waals surface area contributed by atoms with E-state index in [2.05, 4.69) is 25.7 Å². The van der Waals surface area contributed by atoms with Crippen LogP contribution in [0.5, 0.6) is 11.8 Å². The van der Waals surface area contributed by atoms with E-state index in [1.807, 2.05) is 0 Å². The van der Waals surface area contributed by atoms with Gasteiger partial charge in [0.2, 0.25) is 0 Å². The molecule has 7 nitrogen and oxygen atoms in total. The van der Waals surface area contributed by atoms with Crippen LogP contribution in [-0.4, -0.2) is 63.3 Å². The van der Waals surface area contributed by atoms with E-state index in [9.17, 15) is 9.50 Å². The minimum absolute atomic E-state index is 0.0129. The number of pyridine rings is 1. The van der Waals surface area contributed by atoms with E-state index in [1.54, 1.807) is 6.20 Å². The summed E-state index contributed by atoms with van der Waals surface area (Å²) in [6.07, 6.45) is 15.1. The van der Waals surface area contributed by atoms with Gasteiger partial charge in [-0.2, -0.15) is 9.97 Å². The van der Waals surface area contributed by atoms with E-state index >= 15 is 4.39 Å². The highest BCUT2D eigenvalue weighted by Crippen LogP contribution is 2.59. The monoisotopic (exact) mass is 581 g/mol. The third kappa shape index (κ3) is 4.21. The first-order valence-electron chi connectivity index (χ1n) is 15.4. The smallest absolute Gasteiger partial charge is 0.319 e. The highest BCUT2D eigenvalue weighted by atomic mass is 19.1. The van der Waals surface area contributed by atoms with Gasteiger partial charge in [-0.05, 0) is 74.1 Å². The van der Waals surface area contributed by atoms with Crippen LogP contribution in [0.3, 0.4) is 0 Å². The molecule has 3 saturated heterocycles. The molecule has 220 valence electrons. The number of aromatic hydroxyl groups is 1. The van der Waals surface area contributed by atoms with Crippen molar-refractivity contribution in [1.29, 1.82) is 0 Å². The molecule has 5 heterocycles. The maximum absolute atomic E-state index is 16.7. The van der Waals surface area contributed by atoms with E-state index in [4.69, 9.17) is 16.1 Å². The van der Waals surface area contributed by atoms with Gasteiger partial charge in [-0.1, -0.05) is 24.8 Å². The van der Waals surface area contributed by atoms with Crippen molar-refractivity contribution in [2.24, 2.45) is 11.8 Å². The molecule has 0 spiro atoms. The highest BCUT2D eigenvalue weighted by Gasteiger charge is 2.63. The van der Waals surface area contributed by atoms with Gasteiger partial charge in [-0.25, -0.2) is 8.78 Å². The van der Waals surface area contributed by atoms with Crippen molar-refractivity contribution in [3.8, 4) is 35.4 Å². The number of halogens is 2. The number of terminal acetylenes is 1. The summed E-state index contributed by atoms with van der Waals surface area (Å²) in [6, 6.07) is 5.76. The normalized spacial score (nSPS) is 25.0. The number of hydrogen-bond donors (Lipinski definition) is 1. The Morgan fingerprint density at radius 1 is 1.07 bits per heavy atom. The minimum atomic E-state index is -0.691. The Balaban J connectivity index is 1.28. The van der Waals surface area contributed by atoms with Crippen LogP contribution in [-0.2, 0) is 0 Å². The fraction of sp³-hybridized carbons (Fsp3) is 0.441. The Bertz CT molecular complexity index is 1820. The number of anilines is 1. The van der Waals surface area contributed by atoms with Crippen LogP contribution in [0.4, 0.5) is 14.6 Å². The van der Waals surface area contributed by atoms with Crippen molar-refractivity contribution < 1.29 is 18.6 Å². The van der Waals surface area contributed by atoms with Gasteiger partial charge in [0.15, 0.2) is 5.82 Å². The van der Waals surface area contributed by atoms with Crippen LogP contribution >= 0.6 is 0 Å². The lowest BCUT2D eigenvalue weighted by atomic mass is 9.92. The van der Waals surface area contributed by atoms with Crippen LogP contribution in [0.2, 0.25) is 0 Å². The maximum Gasteiger partial charge on any atom is 0.319 e. The third-order valence-electron chi connectivity index (χ3n) is 10.2. The second-order valence-corrected chi connectivity index (χ2v) is 12.6. The average molecular weight is 582 g/mol. The minimum Gasteiger partial charge on any atom is -0.508 e. The zero-order chi connectivity index (χ0) is 29.3. The fourth-order valence-corrected chi connectivity index (χ4v) is 8.05. The molecule has 2 aromatic carbocycles. The van der Waals surface area contributed by atoms with Gasteiger partial charge in [0, 0.05) is 36.8 Å². The quantitative estimate of drug-likeness (QED) is 0.288. The lowest BCUT2D eigenvalue weighted by Crippen LogP contribution is -2.47. The number of ether oxygens (including phenoxy) is 1. The van der Waals surface area contributed by atoms with Gasteiger partial charge in [-0.15, -0.1) is 6.42 Å². The summed E-state index contributed by atoms with van der Waals surface area (Å²) in [4.78, 5) is 18.8. The third-order valence-corrected chi connectivity index (χ3v) is 10.2. The van der Waals surface area contributed by atoms with Crippen LogP contribution in [0.25, 0.3) is 32.9 Å². The van der Waals surface area contributed by atoms with Gasteiger partial charge in [0.25, 0.3) is 0 Å². The van der Waals surface area contributed by atoms with Crippen molar-refractivity contribution in [2.45, 2.75) is 50.5 Å². The molecule has 8 rings (SSSR count). The Morgan fingerprint density at radius 3 is 2.72 bits per heavy atom. The molecule has 9 heteroatoms. The molecule has 0 radical (unpaired) electrons. The molecule has 0 bridgehead atoms. The highest BCUT2D eigenvalue weighted by molar-refractivity contribution is 6.03. The summed E-state index contributed by atoms with van der Waals surface area (Å²) in [7, 11) is 0. The lowest BCUT2D eigenvalue weighted by Gasteiger charge is -2.34. The van der Waals surface area contributed by atoms with Gasteiger partial charge < -0.3 is 14.7 Å². The van der Waals surface area contributed by atoms with Gasteiger partial charge in [0.05, 0.1) is 16.5 Å². The number of hydrogen-bond acceptors (Lipinski definition) is 7. The molecule has 4 aromatic rings. The van der Waals surface area contributed by atoms with Crippen molar-refractivity contribution >= 4 is 27.5 Å². The first-order valence-corrected chi connectivity index (χ1v) is 15.4. The van der Waals surface area contributed by atoms with E-state index in [0.717, 1.165) is 70.6 Å². The molecule has 43 heavy (non-hydrogen) atoms. The zero-order valence-electron chi connectivity index (χ0n) is 24.0. The average Bonchev–Trinajstić information content (AvgIpc) is 3.66. The summed E-state index contributed by atoms with van der Waals surface area (Å²) in [5.41, 5.74) is 0.218. The number of benzene rings is 2. The van der Waals surface area contributed by atoms with Gasteiger partial charge in [-0.3, -0.25) is 9.88 Å². The molecule has 4 fully saturated rings. The molecule has 1 N–H and O–H groups in total. The largest absolute Gasteiger partial charge is 0.508 e. The van der Waals surface area contributed by atoms with E-state index in [1.165, 1.54) is 30.7 Å². The first-order chi connectivity index (χ1) is 21.0. The summed E-state index contributed by atoms with van der Waals surface area (Å²) >= 11 is 0. The van der Waals surface area contributed by atoms with Crippen LogP contribution in [0, 0.1) is 35.8 Å². The SMILES string of the molecule is C#Cc1c(F)ccc2cc(O)cc(-c3ncc4c(N5CCCCCC5)nc(OCC56CCCN5C[C@H]5C[C@H]56)nc4c3F)c12. The summed E-state index contributed by atoms with van der Waals surface area (Å²) in [6.45, 7) is 4.32. The fourth-order valence-electron chi connectivity index (χ4n) is 8.05. The predicted molar refractivity (Wildman–Crippen MR) is 161 cm³/mol. The summed E-state index contributed by atoms with van der Waals surface area (Å²) < 4.78 is 37.9. The maximum atomic E-state index is 16.7.